The minimum atomic E-state index is -0.0233. The summed E-state index contributed by atoms with van der Waals surface area (Å²) in [6.07, 6.45) is 4.47. The molecule has 0 aliphatic carbocycles. The number of morpholine rings is 1. The molecule has 0 radical (unpaired) electrons. The fraction of sp³-hybridized carbons (Fsp3) is 0.304. The number of carbonyl (C=O) groups excluding carboxylic acids is 1. The number of quaternary nitrogens is 1. The first-order valence-electron chi connectivity index (χ1n) is 10.1. The number of anilines is 1. The zero-order valence-electron chi connectivity index (χ0n) is 16.4. The SMILES string of the molecule is O=C(/C=C/c1ccccc1)N(CCC[NH+]1CCOCC1)c1nc2ccccc2s1. The number of nitrogens with one attached hydrogen (secondary N) is 1. The quantitative estimate of drug-likeness (QED) is 0.612. The molecule has 1 aromatic heterocycles. The Kier molecular flexibility index (Phi) is 6.67. The molecule has 1 aliphatic rings. The topological polar surface area (TPSA) is 46.9 Å². The summed E-state index contributed by atoms with van der Waals surface area (Å²) in [4.78, 5) is 21.1. The molecular formula is C23H26N3O2S+. The van der Waals surface area contributed by atoms with Gasteiger partial charge >= 0.3 is 0 Å². The van der Waals surface area contributed by atoms with E-state index < -0.39 is 0 Å². The van der Waals surface area contributed by atoms with Crippen LogP contribution in [-0.2, 0) is 9.53 Å². The standard InChI is InChI=1S/C23H25N3O2S/c27-22(12-11-19-7-2-1-3-8-19)26(14-6-13-25-15-17-28-18-16-25)23-24-20-9-4-5-10-21(20)29-23/h1-5,7-12H,6,13-18H2/p+1/b12-11+. The second-order valence-corrected chi connectivity index (χ2v) is 8.17. The molecule has 5 nitrogen and oxygen atoms in total. The van der Waals surface area contributed by atoms with Crippen molar-refractivity contribution in [2.45, 2.75) is 6.42 Å². The Morgan fingerprint density at radius 1 is 1.10 bits per heavy atom. The molecule has 0 bridgehead atoms. The Balaban J connectivity index is 1.49. The summed E-state index contributed by atoms with van der Waals surface area (Å²) in [7, 11) is 0. The van der Waals surface area contributed by atoms with E-state index in [4.69, 9.17) is 9.72 Å². The average molecular weight is 409 g/mol. The number of rotatable bonds is 7. The van der Waals surface area contributed by atoms with Gasteiger partial charge in [-0.3, -0.25) is 9.69 Å². The Hall–Kier alpha value is -2.54. The number of hydrogen-bond donors (Lipinski definition) is 1. The summed E-state index contributed by atoms with van der Waals surface area (Å²) < 4.78 is 6.54. The molecular weight excluding hydrogens is 382 g/mol. The number of amides is 1. The van der Waals surface area contributed by atoms with Crippen LogP contribution in [0.25, 0.3) is 16.3 Å². The highest BCUT2D eigenvalue weighted by Crippen LogP contribution is 2.29. The highest BCUT2D eigenvalue weighted by molar-refractivity contribution is 7.22. The normalized spacial score (nSPS) is 15.2. The van der Waals surface area contributed by atoms with Crippen LogP contribution in [0.1, 0.15) is 12.0 Å². The Morgan fingerprint density at radius 3 is 2.66 bits per heavy atom. The molecule has 1 aliphatic heterocycles. The average Bonchev–Trinajstić information content (AvgIpc) is 3.20. The first-order chi connectivity index (χ1) is 14.3. The van der Waals surface area contributed by atoms with E-state index in [0.29, 0.717) is 6.54 Å². The second-order valence-electron chi connectivity index (χ2n) is 7.16. The molecule has 29 heavy (non-hydrogen) atoms. The zero-order valence-corrected chi connectivity index (χ0v) is 17.2. The third-order valence-corrected chi connectivity index (χ3v) is 6.17. The van der Waals surface area contributed by atoms with E-state index in [-0.39, 0.29) is 5.91 Å². The van der Waals surface area contributed by atoms with Gasteiger partial charge in [-0.15, -0.1) is 0 Å². The summed E-state index contributed by atoms with van der Waals surface area (Å²) in [5.74, 6) is -0.0233. The lowest BCUT2D eigenvalue weighted by Gasteiger charge is -2.25. The first kappa shape index (κ1) is 19.8. The van der Waals surface area contributed by atoms with Gasteiger partial charge in [-0.05, 0) is 23.8 Å². The number of nitrogens with zero attached hydrogens (tertiary/aromatic N) is 2. The van der Waals surface area contributed by atoms with Crippen molar-refractivity contribution >= 4 is 38.7 Å². The predicted octanol–water partition coefficient (Wildman–Crippen LogP) is 2.65. The van der Waals surface area contributed by atoms with Gasteiger partial charge in [0.25, 0.3) is 5.91 Å². The largest absolute Gasteiger partial charge is 0.370 e. The molecule has 4 rings (SSSR count). The van der Waals surface area contributed by atoms with Crippen molar-refractivity contribution in [2.75, 3.05) is 44.3 Å². The van der Waals surface area contributed by atoms with E-state index in [9.17, 15) is 4.79 Å². The Morgan fingerprint density at radius 2 is 1.86 bits per heavy atom. The molecule has 0 spiro atoms. The van der Waals surface area contributed by atoms with E-state index in [0.717, 1.165) is 60.2 Å². The van der Waals surface area contributed by atoms with E-state index >= 15 is 0 Å². The summed E-state index contributed by atoms with van der Waals surface area (Å²) in [5, 5.41) is 0.769. The molecule has 0 unspecified atom stereocenters. The Labute approximate surface area is 175 Å². The molecule has 0 saturated carbocycles. The van der Waals surface area contributed by atoms with Crippen molar-refractivity contribution in [1.82, 2.24) is 4.98 Å². The fourth-order valence-electron chi connectivity index (χ4n) is 3.49. The van der Waals surface area contributed by atoms with Crippen LogP contribution in [0, 0.1) is 0 Å². The zero-order chi connectivity index (χ0) is 19.9. The van der Waals surface area contributed by atoms with Crippen LogP contribution in [0.4, 0.5) is 5.13 Å². The van der Waals surface area contributed by atoms with Crippen LogP contribution in [0.5, 0.6) is 0 Å². The number of ether oxygens (including phenoxy) is 1. The fourth-order valence-corrected chi connectivity index (χ4v) is 4.49. The number of aromatic nitrogens is 1. The van der Waals surface area contributed by atoms with Gasteiger partial charge in [0.05, 0.1) is 30.0 Å². The molecule has 6 heteroatoms. The lowest BCUT2D eigenvalue weighted by atomic mass is 10.2. The van der Waals surface area contributed by atoms with Crippen molar-refractivity contribution < 1.29 is 14.4 Å². The van der Waals surface area contributed by atoms with Crippen LogP contribution in [0.3, 0.4) is 0 Å². The lowest BCUT2D eigenvalue weighted by molar-refractivity contribution is -0.908. The van der Waals surface area contributed by atoms with Gasteiger partial charge in [0.15, 0.2) is 5.13 Å². The van der Waals surface area contributed by atoms with E-state index in [1.54, 1.807) is 22.3 Å². The van der Waals surface area contributed by atoms with Crippen molar-refractivity contribution in [1.29, 1.82) is 0 Å². The van der Waals surface area contributed by atoms with Crippen LogP contribution in [0.15, 0.2) is 60.7 Å². The molecule has 1 amide bonds. The molecule has 150 valence electrons. The molecule has 3 aromatic rings. The second kappa shape index (κ2) is 9.78. The minimum Gasteiger partial charge on any atom is -0.370 e. The third kappa shape index (κ3) is 5.29. The number of para-hydroxylation sites is 1. The summed E-state index contributed by atoms with van der Waals surface area (Å²) in [6, 6.07) is 17.9. The van der Waals surface area contributed by atoms with Crippen molar-refractivity contribution in [3.63, 3.8) is 0 Å². The monoisotopic (exact) mass is 408 g/mol. The predicted molar refractivity (Wildman–Crippen MR) is 118 cm³/mol. The van der Waals surface area contributed by atoms with E-state index in [1.165, 1.54) is 0 Å². The van der Waals surface area contributed by atoms with Crippen molar-refractivity contribution in [3.05, 3.63) is 66.2 Å². The highest BCUT2D eigenvalue weighted by Gasteiger charge is 2.19. The summed E-state index contributed by atoms with van der Waals surface area (Å²) in [6.45, 7) is 5.46. The van der Waals surface area contributed by atoms with Gasteiger partial charge in [-0.1, -0.05) is 53.8 Å². The maximum atomic E-state index is 13.1. The van der Waals surface area contributed by atoms with Gasteiger partial charge in [-0.25, -0.2) is 4.98 Å². The summed E-state index contributed by atoms with van der Waals surface area (Å²) in [5.41, 5.74) is 1.96. The van der Waals surface area contributed by atoms with Crippen LogP contribution < -0.4 is 9.80 Å². The minimum absolute atomic E-state index is 0.0233. The number of benzene rings is 2. The van der Waals surface area contributed by atoms with Gasteiger partial charge in [-0.2, -0.15) is 0 Å². The molecule has 2 aromatic carbocycles. The van der Waals surface area contributed by atoms with Crippen LogP contribution in [0.2, 0.25) is 0 Å². The third-order valence-electron chi connectivity index (χ3n) is 5.11. The maximum Gasteiger partial charge on any atom is 0.252 e. The van der Waals surface area contributed by atoms with Gasteiger partial charge in [0, 0.05) is 19.0 Å². The van der Waals surface area contributed by atoms with Gasteiger partial charge in [0.2, 0.25) is 0 Å². The molecule has 1 N–H and O–H groups in total. The molecule has 2 heterocycles. The van der Waals surface area contributed by atoms with E-state index in [2.05, 4.69) is 6.07 Å². The number of thiazole rings is 1. The lowest BCUT2D eigenvalue weighted by Crippen LogP contribution is -3.14. The maximum absolute atomic E-state index is 13.1. The molecule has 1 fully saturated rings. The molecule has 1 saturated heterocycles. The van der Waals surface area contributed by atoms with Gasteiger partial charge < -0.3 is 9.64 Å². The Bertz CT molecular complexity index is 931. The first-order valence-corrected chi connectivity index (χ1v) is 10.9. The highest BCUT2D eigenvalue weighted by atomic mass is 32.1. The molecule has 0 atom stereocenters. The van der Waals surface area contributed by atoms with Crippen LogP contribution in [-0.4, -0.2) is 50.3 Å². The smallest absolute Gasteiger partial charge is 0.252 e. The summed E-state index contributed by atoms with van der Waals surface area (Å²) >= 11 is 1.57. The number of hydrogen-bond acceptors (Lipinski definition) is 4. The van der Waals surface area contributed by atoms with Crippen LogP contribution >= 0.6 is 11.3 Å². The van der Waals surface area contributed by atoms with E-state index in [1.807, 2.05) is 59.5 Å². The number of fused-ring (bicyclic) bond motifs is 1. The van der Waals surface area contributed by atoms with Gasteiger partial charge in [0.1, 0.15) is 13.1 Å². The van der Waals surface area contributed by atoms with Crippen molar-refractivity contribution in [3.8, 4) is 0 Å². The number of carbonyl (C=O) groups is 1. The van der Waals surface area contributed by atoms with Crippen molar-refractivity contribution in [2.24, 2.45) is 0 Å².